The van der Waals surface area contributed by atoms with Gasteiger partial charge in [0.1, 0.15) is 0 Å². The van der Waals surface area contributed by atoms with Gasteiger partial charge in [-0.25, -0.2) is 0 Å². The van der Waals surface area contributed by atoms with Crippen molar-refractivity contribution in [1.29, 1.82) is 0 Å². The number of rotatable bonds is 3. The van der Waals surface area contributed by atoms with Crippen LogP contribution in [0.15, 0.2) is 30.3 Å². The predicted octanol–water partition coefficient (Wildman–Crippen LogP) is 1.28. The first-order chi connectivity index (χ1) is 6.11. The average Bonchev–Trinajstić information content (AvgIpc) is 2.17. The van der Waals surface area contributed by atoms with Gasteiger partial charge < -0.3 is 10.8 Å². The van der Waals surface area contributed by atoms with Gasteiger partial charge in [0, 0.05) is 11.5 Å². The average molecular weight is 179 g/mol. The first-order valence-corrected chi connectivity index (χ1v) is 4.53. The van der Waals surface area contributed by atoms with Crippen molar-refractivity contribution in [3.8, 4) is 0 Å². The van der Waals surface area contributed by atoms with Crippen molar-refractivity contribution in [2.75, 3.05) is 6.61 Å². The van der Waals surface area contributed by atoms with E-state index in [1.54, 1.807) is 0 Å². The number of benzene rings is 1. The lowest BCUT2D eigenvalue weighted by molar-refractivity contribution is 0.186. The van der Waals surface area contributed by atoms with Crippen molar-refractivity contribution in [2.45, 2.75) is 25.3 Å². The molecule has 0 heterocycles. The van der Waals surface area contributed by atoms with Gasteiger partial charge >= 0.3 is 0 Å². The molecule has 0 aliphatic rings. The van der Waals surface area contributed by atoms with Crippen molar-refractivity contribution >= 4 is 0 Å². The van der Waals surface area contributed by atoms with E-state index in [0.717, 1.165) is 5.56 Å². The molecule has 0 saturated heterocycles. The zero-order chi connectivity index (χ0) is 9.90. The molecule has 2 unspecified atom stereocenters. The van der Waals surface area contributed by atoms with Gasteiger partial charge in [0.25, 0.3) is 0 Å². The summed E-state index contributed by atoms with van der Waals surface area (Å²) in [5.74, 6) is 0. The lowest BCUT2D eigenvalue weighted by Gasteiger charge is -2.31. The van der Waals surface area contributed by atoms with Crippen LogP contribution in [0.1, 0.15) is 19.4 Å². The largest absolute Gasteiger partial charge is 0.395 e. The second kappa shape index (κ2) is 3.90. The Morgan fingerprint density at radius 3 is 2.31 bits per heavy atom. The molecule has 1 rings (SSSR count). The summed E-state index contributed by atoms with van der Waals surface area (Å²) in [6.45, 7) is 3.98. The molecule has 2 nitrogen and oxygen atoms in total. The van der Waals surface area contributed by atoms with Crippen molar-refractivity contribution < 1.29 is 5.11 Å². The van der Waals surface area contributed by atoms with Gasteiger partial charge in [-0.1, -0.05) is 37.3 Å². The fourth-order valence-corrected chi connectivity index (χ4v) is 1.32. The maximum Gasteiger partial charge on any atom is 0.0540 e. The molecule has 0 fully saturated rings. The summed E-state index contributed by atoms with van der Waals surface area (Å²) < 4.78 is 0. The molecule has 0 spiro atoms. The highest BCUT2D eigenvalue weighted by molar-refractivity contribution is 5.26. The smallest absolute Gasteiger partial charge is 0.0540 e. The van der Waals surface area contributed by atoms with Crippen LogP contribution >= 0.6 is 0 Å². The molecule has 0 radical (unpaired) electrons. The SMILES string of the molecule is CC(N)C(C)(CO)c1ccccc1. The Labute approximate surface area is 79.4 Å². The summed E-state index contributed by atoms with van der Waals surface area (Å²) in [5, 5.41) is 9.33. The highest BCUT2D eigenvalue weighted by atomic mass is 16.3. The van der Waals surface area contributed by atoms with Gasteiger partial charge in [-0.05, 0) is 12.5 Å². The second-order valence-corrected chi connectivity index (χ2v) is 3.73. The first kappa shape index (κ1) is 10.2. The molecule has 0 bridgehead atoms. The van der Waals surface area contributed by atoms with Gasteiger partial charge in [-0.15, -0.1) is 0 Å². The maximum atomic E-state index is 9.33. The molecule has 0 aliphatic heterocycles. The summed E-state index contributed by atoms with van der Waals surface area (Å²) >= 11 is 0. The van der Waals surface area contributed by atoms with Crippen LogP contribution in [0.4, 0.5) is 0 Å². The van der Waals surface area contributed by atoms with Crippen molar-refractivity contribution in [3.05, 3.63) is 35.9 Å². The molecule has 0 aliphatic carbocycles. The Morgan fingerprint density at radius 2 is 1.92 bits per heavy atom. The molecule has 3 N–H and O–H groups in total. The second-order valence-electron chi connectivity index (χ2n) is 3.73. The number of aliphatic hydroxyl groups is 1. The summed E-state index contributed by atoms with van der Waals surface area (Å²) in [6, 6.07) is 9.83. The van der Waals surface area contributed by atoms with Gasteiger partial charge in [-0.3, -0.25) is 0 Å². The molecule has 0 saturated carbocycles. The monoisotopic (exact) mass is 179 g/mol. The topological polar surface area (TPSA) is 46.2 Å². The first-order valence-electron chi connectivity index (χ1n) is 4.53. The number of aliphatic hydroxyl groups excluding tert-OH is 1. The number of nitrogens with two attached hydrogens (primary N) is 1. The Morgan fingerprint density at radius 1 is 1.38 bits per heavy atom. The minimum Gasteiger partial charge on any atom is -0.395 e. The van der Waals surface area contributed by atoms with Gasteiger partial charge in [0.15, 0.2) is 0 Å². The summed E-state index contributed by atoms with van der Waals surface area (Å²) in [5.41, 5.74) is 6.61. The van der Waals surface area contributed by atoms with Gasteiger partial charge in [-0.2, -0.15) is 0 Å². The van der Waals surface area contributed by atoms with Crippen LogP contribution in [0.3, 0.4) is 0 Å². The van der Waals surface area contributed by atoms with E-state index in [2.05, 4.69) is 0 Å². The van der Waals surface area contributed by atoms with E-state index >= 15 is 0 Å². The third-order valence-corrected chi connectivity index (χ3v) is 2.77. The molecule has 0 aromatic heterocycles. The minimum absolute atomic E-state index is 0.0556. The quantitative estimate of drug-likeness (QED) is 0.734. The molecular formula is C11H17NO. The van der Waals surface area contributed by atoms with E-state index in [1.165, 1.54) is 0 Å². The van der Waals surface area contributed by atoms with Crippen molar-refractivity contribution in [3.63, 3.8) is 0 Å². The molecule has 1 aromatic carbocycles. The third kappa shape index (κ3) is 1.90. The molecule has 2 atom stereocenters. The number of hydrogen-bond acceptors (Lipinski definition) is 2. The van der Waals surface area contributed by atoms with Crippen LogP contribution < -0.4 is 5.73 Å². The van der Waals surface area contributed by atoms with Crippen LogP contribution in [0.25, 0.3) is 0 Å². The fraction of sp³-hybridized carbons (Fsp3) is 0.455. The van der Waals surface area contributed by atoms with Crippen LogP contribution in [0, 0.1) is 0 Å². The van der Waals surface area contributed by atoms with Crippen LogP contribution in [0.2, 0.25) is 0 Å². The molecule has 13 heavy (non-hydrogen) atoms. The van der Waals surface area contributed by atoms with E-state index in [1.807, 2.05) is 44.2 Å². The maximum absolute atomic E-state index is 9.33. The lowest BCUT2D eigenvalue weighted by Crippen LogP contribution is -2.43. The Hall–Kier alpha value is -0.860. The highest BCUT2D eigenvalue weighted by Gasteiger charge is 2.29. The zero-order valence-electron chi connectivity index (χ0n) is 8.20. The van der Waals surface area contributed by atoms with Crippen molar-refractivity contribution in [1.82, 2.24) is 0 Å². The van der Waals surface area contributed by atoms with Gasteiger partial charge in [0.2, 0.25) is 0 Å². The van der Waals surface area contributed by atoms with Crippen LogP contribution in [-0.4, -0.2) is 17.8 Å². The molecule has 0 amide bonds. The Balaban J connectivity index is 3.03. The van der Waals surface area contributed by atoms with Crippen LogP contribution in [0.5, 0.6) is 0 Å². The summed E-state index contributed by atoms with van der Waals surface area (Å²) in [6.07, 6.45) is 0. The standard InChI is InChI=1S/C11H17NO/c1-9(12)11(2,8-13)10-6-4-3-5-7-10/h3-7,9,13H,8,12H2,1-2H3. The van der Waals surface area contributed by atoms with E-state index in [0.29, 0.717) is 0 Å². The minimum atomic E-state index is -0.332. The van der Waals surface area contributed by atoms with E-state index in [9.17, 15) is 5.11 Å². The van der Waals surface area contributed by atoms with Crippen LogP contribution in [-0.2, 0) is 5.41 Å². The predicted molar refractivity (Wildman–Crippen MR) is 54.5 cm³/mol. The number of hydrogen-bond donors (Lipinski definition) is 2. The molecule has 72 valence electrons. The highest BCUT2D eigenvalue weighted by Crippen LogP contribution is 2.25. The summed E-state index contributed by atoms with van der Waals surface area (Å²) in [4.78, 5) is 0. The van der Waals surface area contributed by atoms with Crippen molar-refractivity contribution in [2.24, 2.45) is 5.73 Å². The van der Waals surface area contributed by atoms with E-state index in [4.69, 9.17) is 5.73 Å². The zero-order valence-corrected chi connectivity index (χ0v) is 8.20. The normalized spacial score (nSPS) is 17.8. The van der Waals surface area contributed by atoms with Gasteiger partial charge in [0.05, 0.1) is 6.61 Å². The lowest BCUT2D eigenvalue weighted by atomic mass is 9.78. The van der Waals surface area contributed by atoms with E-state index in [-0.39, 0.29) is 18.1 Å². The fourth-order valence-electron chi connectivity index (χ4n) is 1.32. The Bertz CT molecular complexity index is 258. The van der Waals surface area contributed by atoms with E-state index < -0.39 is 0 Å². The third-order valence-electron chi connectivity index (χ3n) is 2.77. The molecule has 1 aromatic rings. The Kier molecular flexibility index (Phi) is 3.07. The molecular weight excluding hydrogens is 162 g/mol. The molecule has 2 heteroatoms. The summed E-state index contributed by atoms with van der Waals surface area (Å²) in [7, 11) is 0.